The number of likely N-dealkylation sites (N-methyl/N-ethyl adjacent to an activating group) is 1. The highest BCUT2D eigenvalue weighted by Gasteiger charge is 2.15. The third-order valence-corrected chi connectivity index (χ3v) is 3.69. The van der Waals surface area contributed by atoms with E-state index in [1.807, 2.05) is 6.07 Å². The molecular formula is C13H18N3O2S+. The molecule has 2 rings (SSSR count). The van der Waals surface area contributed by atoms with E-state index in [0.29, 0.717) is 18.1 Å². The van der Waals surface area contributed by atoms with Crippen molar-refractivity contribution in [3.63, 3.8) is 0 Å². The highest BCUT2D eigenvalue weighted by molar-refractivity contribution is 7.09. The van der Waals surface area contributed by atoms with Gasteiger partial charge in [0.2, 0.25) is 0 Å². The van der Waals surface area contributed by atoms with Gasteiger partial charge in [-0.25, -0.2) is 0 Å². The molecular weight excluding hydrogens is 262 g/mol. The normalized spacial score (nSPS) is 12.3. The molecule has 102 valence electrons. The van der Waals surface area contributed by atoms with E-state index in [9.17, 15) is 4.79 Å². The lowest BCUT2D eigenvalue weighted by molar-refractivity contribution is -0.903. The molecule has 0 aliphatic rings. The monoisotopic (exact) mass is 280 g/mol. The first kappa shape index (κ1) is 13.8. The maximum absolute atomic E-state index is 11.9. The summed E-state index contributed by atoms with van der Waals surface area (Å²) in [7, 11) is 0. The lowest BCUT2D eigenvalue weighted by Crippen LogP contribution is -3.11. The largest absolute Gasteiger partial charge is 0.360 e. The number of rotatable bonds is 6. The number of thiophene rings is 1. The van der Waals surface area contributed by atoms with Gasteiger partial charge in [-0.05, 0) is 25.3 Å². The minimum atomic E-state index is -0.0401. The quantitative estimate of drug-likeness (QED) is 0.832. The van der Waals surface area contributed by atoms with Gasteiger partial charge >= 0.3 is 0 Å². The van der Waals surface area contributed by atoms with E-state index in [1.54, 1.807) is 24.3 Å². The maximum Gasteiger partial charge on any atom is 0.280 e. The van der Waals surface area contributed by atoms with E-state index in [-0.39, 0.29) is 5.91 Å². The summed E-state index contributed by atoms with van der Waals surface area (Å²) in [6, 6.07) is 5.84. The van der Waals surface area contributed by atoms with Crippen LogP contribution in [-0.2, 0) is 11.3 Å². The Hall–Kier alpha value is -1.66. The molecule has 1 atom stereocenters. The van der Waals surface area contributed by atoms with Crippen LogP contribution in [0.1, 0.15) is 17.6 Å². The summed E-state index contributed by atoms with van der Waals surface area (Å²) in [6.45, 7) is 6.09. The molecule has 0 radical (unpaired) electrons. The van der Waals surface area contributed by atoms with Crippen LogP contribution < -0.4 is 10.2 Å². The van der Waals surface area contributed by atoms with Crippen LogP contribution in [0.25, 0.3) is 0 Å². The summed E-state index contributed by atoms with van der Waals surface area (Å²) in [5.41, 5.74) is 0. The fourth-order valence-corrected chi connectivity index (χ4v) is 2.59. The van der Waals surface area contributed by atoms with Crippen LogP contribution >= 0.6 is 11.3 Å². The zero-order valence-electron chi connectivity index (χ0n) is 11.1. The first-order valence-electron chi connectivity index (χ1n) is 6.26. The number of carbonyl (C=O) groups excluding carboxylic acids is 1. The van der Waals surface area contributed by atoms with E-state index < -0.39 is 0 Å². The Labute approximate surface area is 116 Å². The Morgan fingerprint density at radius 3 is 3.00 bits per heavy atom. The van der Waals surface area contributed by atoms with Crippen molar-refractivity contribution in [3.05, 3.63) is 34.2 Å². The average molecular weight is 280 g/mol. The SMILES string of the molecule is CC[NH+](CC(=O)Nc1cc(C)on1)Cc1cccs1. The Bertz CT molecular complexity index is 522. The minimum absolute atomic E-state index is 0.0401. The van der Waals surface area contributed by atoms with Crippen molar-refractivity contribution >= 4 is 23.1 Å². The number of aryl methyl sites for hydroxylation is 1. The van der Waals surface area contributed by atoms with Crippen LogP contribution in [0.2, 0.25) is 0 Å². The summed E-state index contributed by atoms with van der Waals surface area (Å²) >= 11 is 1.72. The van der Waals surface area contributed by atoms with Crippen LogP contribution in [0.5, 0.6) is 0 Å². The van der Waals surface area contributed by atoms with Crippen molar-refractivity contribution in [3.8, 4) is 0 Å². The number of anilines is 1. The number of hydrogen-bond donors (Lipinski definition) is 2. The smallest absolute Gasteiger partial charge is 0.280 e. The van der Waals surface area contributed by atoms with Gasteiger partial charge in [0.15, 0.2) is 12.4 Å². The van der Waals surface area contributed by atoms with Gasteiger partial charge in [-0.1, -0.05) is 11.2 Å². The Morgan fingerprint density at radius 1 is 1.58 bits per heavy atom. The van der Waals surface area contributed by atoms with E-state index in [0.717, 1.165) is 13.1 Å². The first-order chi connectivity index (χ1) is 9.17. The zero-order valence-corrected chi connectivity index (χ0v) is 11.9. The molecule has 0 saturated carbocycles. The summed E-state index contributed by atoms with van der Waals surface area (Å²) in [6.07, 6.45) is 0. The van der Waals surface area contributed by atoms with E-state index in [2.05, 4.69) is 28.8 Å². The predicted octanol–water partition coefficient (Wildman–Crippen LogP) is 1.09. The molecule has 2 aromatic rings. The summed E-state index contributed by atoms with van der Waals surface area (Å²) in [4.78, 5) is 14.4. The molecule has 0 bridgehead atoms. The highest BCUT2D eigenvalue weighted by atomic mass is 32.1. The molecule has 0 spiro atoms. The van der Waals surface area contributed by atoms with Gasteiger partial charge in [-0.2, -0.15) is 0 Å². The maximum atomic E-state index is 11.9. The number of carbonyl (C=O) groups is 1. The minimum Gasteiger partial charge on any atom is -0.360 e. The fraction of sp³-hybridized carbons (Fsp3) is 0.385. The van der Waals surface area contributed by atoms with E-state index in [1.165, 1.54) is 9.78 Å². The second-order valence-electron chi connectivity index (χ2n) is 4.41. The van der Waals surface area contributed by atoms with Crippen molar-refractivity contribution in [1.82, 2.24) is 5.16 Å². The third-order valence-electron chi connectivity index (χ3n) is 2.81. The highest BCUT2D eigenvalue weighted by Crippen LogP contribution is 2.07. The number of amides is 1. The Kier molecular flexibility index (Phi) is 4.70. The van der Waals surface area contributed by atoms with E-state index >= 15 is 0 Å². The topological polar surface area (TPSA) is 59.6 Å². The second kappa shape index (κ2) is 6.49. The molecule has 0 saturated heterocycles. The molecule has 19 heavy (non-hydrogen) atoms. The summed E-state index contributed by atoms with van der Waals surface area (Å²) < 4.78 is 4.91. The van der Waals surface area contributed by atoms with Crippen LogP contribution in [0.4, 0.5) is 5.82 Å². The number of aromatic nitrogens is 1. The Balaban J connectivity index is 1.85. The lowest BCUT2D eigenvalue weighted by atomic mass is 10.4. The van der Waals surface area contributed by atoms with Gasteiger partial charge in [-0.3, -0.25) is 4.79 Å². The van der Waals surface area contributed by atoms with Crippen molar-refractivity contribution in [2.45, 2.75) is 20.4 Å². The third kappa shape index (κ3) is 4.18. The van der Waals surface area contributed by atoms with Crippen LogP contribution in [-0.4, -0.2) is 24.2 Å². The number of nitrogens with zero attached hydrogens (tertiary/aromatic N) is 1. The van der Waals surface area contributed by atoms with Gasteiger partial charge in [0.05, 0.1) is 11.4 Å². The second-order valence-corrected chi connectivity index (χ2v) is 5.44. The van der Waals surface area contributed by atoms with Crippen LogP contribution in [0.3, 0.4) is 0 Å². The molecule has 1 unspecified atom stereocenters. The van der Waals surface area contributed by atoms with Gasteiger partial charge < -0.3 is 14.7 Å². The molecule has 2 heterocycles. The molecule has 0 aliphatic heterocycles. The first-order valence-corrected chi connectivity index (χ1v) is 7.14. The predicted molar refractivity (Wildman–Crippen MR) is 74.3 cm³/mol. The molecule has 2 aromatic heterocycles. The molecule has 0 aliphatic carbocycles. The van der Waals surface area contributed by atoms with E-state index in [4.69, 9.17) is 4.52 Å². The van der Waals surface area contributed by atoms with Gasteiger partial charge in [0.25, 0.3) is 5.91 Å². The number of hydrogen-bond acceptors (Lipinski definition) is 4. The van der Waals surface area contributed by atoms with Crippen molar-refractivity contribution in [1.29, 1.82) is 0 Å². The van der Waals surface area contributed by atoms with Crippen molar-refractivity contribution < 1.29 is 14.2 Å². The average Bonchev–Trinajstić information content (AvgIpc) is 3.00. The van der Waals surface area contributed by atoms with Crippen molar-refractivity contribution in [2.24, 2.45) is 0 Å². The fourth-order valence-electron chi connectivity index (χ4n) is 1.81. The molecule has 0 aromatic carbocycles. The molecule has 6 heteroatoms. The standard InChI is InChI=1S/C13H17N3O2S/c1-3-16(8-11-5-4-6-19-11)9-13(17)14-12-7-10(2)18-15-12/h4-7H,3,8-9H2,1-2H3,(H,14,15,17)/p+1. The molecule has 5 nitrogen and oxygen atoms in total. The molecule has 1 amide bonds. The number of nitrogens with one attached hydrogen (secondary N) is 2. The van der Waals surface area contributed by atoms with Crippen LogP contribution in [0.15, 0.2) is 28.1 Å². The molecule has 2 N–H and O–H groups in total. The summed E-state index contributed by atoms with van der Waals surface area (Å²) in [5.74, 6) is 1.13. The van der Waals surface area contributed by atoms with Gasteiger partial charge in [-0.15, -0.1) is 11.3 Å². The molecule has 0 fully saturated rings. The summed E-state index contributed by atoms with van der Waals surface area (Å²) in [5, 5.41) is 8.55. The zero-order chi connectivity index (χ0) is 13.7. The number of quaternary nitrogens is 1. The Morgan fingerprint density at radius 2 is 2.42 bits per heavy atom. The lowest BCUT2D eigenvalue weighted by Gasteiger charge is -2.15. The van der Waals surface area contributed by atoms with Crippen LogP contribution in [0, 0.1) is 6.92 Å². The van der Waals surface area contributed by atoms with Crippen molar-refractivity contribution in [2.75, 3.05) is 18.4 Å². The van der Waals surface area contributed by atoms with Gasteiger partial charge in [0.1, 0.15) is 12.3 Å². The van der Waals surface area contributed by atoms with Gasteiger partial charge in [0, 0.05) is 6.07 Å².